The average molecular weight is 257 g/mol. The van der Waals surface area contributed by atoms with E-state index in [2.05, 4.69) is 5.32 Å². The summed E-state index contributed by atoms with van der Waals surface area (Å²) in [4.78, 5) is 22.9. The summed E-state index contributed by atoms with van der Waals surface area (Å²) >= 11 is 0. The summed E-state index contributed by atoms with van der Waals surface area (Å²) in [6.45, 7) is -0.234. The Morgan fingerprint density at radius 3 is 2.17 bits per heavy atom. The largest absolute Gasteiger partial charge is 0.480 e. The van der Waals surface area contributed by atoms with Gasteiger partial charge in [-0.25, -0.2) is 4.79 Å². The lowest BCUT2D eigenvalue weighted by Crippen LogP contribution is -2.44. The maximum Gasteiger partial charge on any atom is 0.326 e. The Labute approximate surface area is 108 Å². The Morgan fingerprint density at radius 1 is 1.11 bits per heavy atom. The molecule has 1 aliphatic rings. The number of carbonyl (C=O) groups is 2. The minimum absolute atomic E-state index is 0.0633. The third-order valence-corrected chi connectivity index (χ3v) is 3.51. The Bertz CT molecular complexity index is 272. The maximum atomic E-state index is 12.0. The fourth-order valence-electron chi connectivity index (χ4n) is 2.39. The summed E-state index contributed by atoms with van der Waals surface area (Å²) in [6.07, 6.45) is 7.37. The number of carbonyl (C=O) groups excluding carboxylic acids is 1. The molecule has 0 heterocycles. The van der Waals surface area contributed by atoms with Gasteiger partial charge in [-0.2, -0.15) is 0 Å². The Hall–Kier alpha value is -1.10. The van der Waals surface area contributed by atoms with Gasteiger partial charge in [-0.15, -0.1) is 0 Å². The SMILES string of the molecule is O=C(NC(CCO)C(=O)O)C1CCCCCCC1. The first-order valence-electron chi connectivity index (χ1n) is 6.79. The van der Waals surface area contributed by atoms with Gasteiger partial charge in [-0.1, -0.05) is 32.1 Å². The lowest BCUT2D eigenvalue weighted by molar-refractivity contribution is -0.143. The molecule has 1 saturated carbocycles. The predicted octanol–water partition coefficient (Wildman–Crippen LogP) is 1.30. The number of carboxylic acid groups (broad SMARTS) is 1. The van der Waals surface area contributed by atoms with Crippen LogP contribution in [-0.2, 0) is 9.59 Å². The maximum absolute atomic E-state index is 12.0. The third-order valence-electron chi connectivity index (χ3n) is 3.51. The van der Waals surface area contributed by atoms with Crippen molar-refractivity contribution in [2.45, 2.75) is 57.4 Å². The average Bonchev–Trinajstić information content (AvgIpc) is 2.27. The molecular formula is C13H23NO4. The van der Waals surface area contributed by atoms with Gasteiger partial charge in [0.1, 0.15) is 6.04 Å². The summed E-state index contributed by atoms with van der Waals surface area (Å²) in [5.74, 6) is -1.31. The number of aliphatic hydroxyl groups is 1. The van der Waals surface area contributed by atoms with Crippen LogP contribution in [0.5, 0.6) is 0 Å². The quantitative estimate of drug-likeness (QED) is 0.693. The monoisotopic (exact) mass is 257 g/mol. The van der Waals surface area contributed by atoms with Gasteiger partial charge in [-0.3, -0.25) is 4.79 Å². The molecule has 0 radical (unpaired) electrons. The van der Waals surface area contributed by atoms with E-state index in [-0.39, 0.29) is 24.9 Å². The Kier molecular flexibility index (Phi) is 6.72. The molecular weight excluding hydrogens is 234 g/mol. The van der Waals surface area contributed by atoms with E-state index in [0.29, 0.717) is 0 Å². The smallest absolute Gasteiger partial charge is 0.326 e. The van der Waals surface area contributed by atoms with Gasteiger partial charge in [0.2, 0.25) is 5.91 Å². The van der Waals surface area contributed by atoms with Gasteiger partial charge in [0, 0.05) is 18.9 Å². The molecule has 1 atom stereocenters. The molecule has 0 saturated heterocycles. The van der Waals surface area contributed by atoms with Gasteiger partial charge in [-0.05, 0) is 12.8 Å². The molecule has 0 aliphatic heterocycles. The van der Waals surface area contributed by atoms with Crippen molar-refractivity contribution in [1.29, 1.82) is 0 Å². The molecule has 1 fully saturated rings. The molecule has 3 N–H and O–H groups in total. The van der Waals surface area contributed by atoms with Crippen LogP contribution in [0.25, 0.3) is 0 Å². The minimum atomic E-state index is -1.08. The van der Waals surface area contributed by atoms with Crippen LogP contribution in [0.4, 0.5) is 0 Å². The Morgan fingerprint density at radius 2 is 1.67 bits per heavy atom. The molecule has 0 spiro atoms. The summed E-state index contributed by atoms with van der Waals surface area (Å²) in [5.41, 5.74) is 0. The first kappa shape index (κ1) is 15.0. The van der Waals surface area contributed by atoms with E-state index in [1.807, 2.05) is 0 Å². The molecule has 1 rings (SSSR count). The predicted molar refractivity (Wildman–Crippen MR) is 67.1 cm³/mol. The standard InChI is InChI=1S/C13H23NO4/c15-9-8-11(13(17)18)14-12(16)10-6-4-2-1-3-5-7-10/h10-11,15H,1-9H2,(H,14,16)(H,17,18). The Balaban J connectivity index is 2.47. The van der Waals surface area contributed by atoms with E-state index in [1.54, 1.807) is 0 Å². The molecule has 0 bridgehead atoms. The number of hydrogen-bond donors (Lipinski definition) is 3. The van der Waals surface area contributed by atoms with Crippen molar-refractivity contribution in [2.24, 2.45) is 5.92 Å². The highest BCUT2D eigenvalue weighted by Crippen LogP contribution is 2.22. The van der Waals surface area contributed by atoms with Crippen molar-refractivity contribution in [1.82, 2.24) is 5.32 Å². The molecule has 0 aromatic rings. The zero-order valence-electron chi connectivity index (χ0n) is 10.7. The van der Waals surface area contributed by atoms with Crippen LogP contribution in [0, 0.1) is 5.92 Å². The number of aliphatic carboxylic acids is 1. The van der Waals surface area contributed by atoms with Crippen LogP contribution >= 0.6 is 0 Å². The topological polar surface area (TPSA) is 86.6 Å². The second kappa shape index (κ2) is 8.08. The van der Waals surface area contributed by atoms with Gasteiger partial charge < -0.3 is 15.5 Å². The lowest BCUT2D eigenvalue weighted by atomic mass is 9.90. The van der Waals surface area contributed by atoms with E-state index in [0.717, 1.165) is 38.5 Å². The highest BCUT2D eigenvalue weighted by molar-refractivity contribution is 5.84. The third kappa shape index (κ3) is 5.04. The van der Waals surface area contributed by atoms with Gasteiger partial charge in [0.05, 0.1) is 0 Å². The van der Waals surface area contributed by atoms with E-state index < -0.39 is 12.0 Å². The summed E-state index contributed by atoms with van der Waals surface area (Å²) < 4.78 is 0. The van der Waals surface area contributed by atoms with Crippen molar-refractivity contribution in [3.05, 3.63) is 0 Å². The fourth-order valence-corrected chi connectivity index (χ4v) is 2.39. The van der Waals surface area contributed by atoms with Crippen LogP contribution in [0.1, 0.15) is 51.4 Å². The first-order chi connectivity index (χ1) is 8.65. The van der Waals surface area contributed by atoms with Crippen molar-refractivity contribution >= 4 is 11.9 Å². The van der Waals surface area contributed by atoms with Crippen molar-refractivity contribution < 1.29 is 19.8 Å². The highest BCUT2D eigenvalue weighted by atomic mass is 16.4. The van der Waals surface area contributed by atoms with E-state index >= 15 is 0 Å². The second-order valence-electron chi connectivity index (χ2n) is 4.95. The highest BCUT2D eigenvalue weighted by Gasteiger charge is 2.24. The number of rotatable bonds is 5. The first-order valence-corrected chi connectivity index (χ1v) is 6.79. The molecule has 1 aliphatic carbocycles. The molecule has 0 aromatic heterocycles. The number of amides is 1. The number of nitrogens with one attached hydrogen (secondary N) is 1. The summed E-state index contributed by atoms with van der Waals surface area (Å²) in [7, 11) is 0. The zero-order valence-corrected chi connectivity index (χ0v) is 10.7. The van der Waals surface area contributed by atoms with E-state index in [4.69, 9.17) is 10.2 Å². The molecule has 18 heavy (non-hydrogen) atoms. The van der Waals surface area contributed by atoms with Crippen molar-refractivity contribution in [3.8, 4) is 0 Å². The van der Waals surface area contributed by atoms with Crippen LogP contribution in [0.3, 0.4) is 0 Å². The molecule has 0 aromatic carbocycles. The number of carboxylic acids is 1. The second-order valence-corrected chi connectivity index (χ2v) is 4.95. The van der Waals surface area contributed by atoms with Crippen LogP contribution in [-0.4, -0.2) is 34.7 Å². The van der Waals surface area contributed by atoms with Gasteiger partial charge in [0.25, 0.3) is 0 Å². The minimum Gasteiger partial charge on any atom is -0.480 e. The van der Waals surface area contributed by atoms with Crippen molar-refractivity contribution in [2.75, 3.05) is 6.61 Å². The number of hydrogen-bond acceptors (Lipinski definition) is 3. The van der Waals surface area contributed by atoms with Crippen LogP contribution in [0.15, 0.2) is 0 Å². The fraction of sp³-hybridized carbons (Fsp3) is 0.846. The van der Waals surface area contributed by atoms with E-state index in [9.17, 15) is 9.59 Å². The van der Waals surface area contributed by atoms with Crippen molar-refractivity contribution in [3.63, 3.8) is 0 Å². The molecule has 1 unspecified atom stereocenters. The molecule has 5 nitrogen and oxygen atoms in total. The lowest BCUT2D eigenvalue weighted by Gasteiger charge is -2.21. The van der Waals surface area contributed by atoms with Gasteiger partial charge >= 0.3 is 5.97 Å². The molecule has 5 heteroatoms. The van der Waals surface area contributed by atoms with Gasteiger partial charge in [0.15, 0.2) is 0 Å². The molecule has 1 amide bonds. The molecule has 104 valence electrons. The van der Waals surface area contributed by atoms with Crippen LogP contribution < -0.4 is 5.32 Å². The summed E-state index contributed by atoms with van der Waals surface area (Å²) in [5, 5.41) is 20.2. The summed E-state index contributed by atoms with van der Waals surface area (Å²) in [6, 6.07) is -0.965. The van der Waals surface area contributed by atoms with E-state index in [1.165, 1.54) is 6.42 Å². The van der Waals surface area contributed by atoms with Crippen LogP contribution in [0.2, 0.25) is 0 Å². The number of aliphatic hydroxyl groups excluding tert-OH is 1. The normalized spacial score (nSPS) is 19.6. The zero-order chi connectivity index (χ0) is 13.4.